The molecule has 1 aliphatic heterocycles. The van der Waals surface area contributed by atoms with Crippen LogP contribution in [0, 0.1) is 0 Å². The summed E-state index contributed by atoms with van der Waals surface area (Å²) in [5, 5.41) is 7.12. The van der Waals surface area contributed by atoms with Gasteiger partial charge in [-0.1, -0.05) is 0 Å². The largest absolute Gasteiger partial charge is 0.494 e. The van der Waals surface area contributed by atoms with Crippen LogP contribution in [-0.4, -0.2) is 50.1 Å². The summed E-state index contributed by atoms with van der Waals surface area (Å²) in [6.45, 7) is 1.87. The van der Waals surface area contributed by atoms with Crippen molar-refractivity contribution in [3.63, 3.8) is 0 Å². The van der Waals surface area contributed by atoms with E-state index in [2.05, 4.69) is 20.3 Å². The fourth-order valence-corrected chi connectivity index (χ4v) is 3.76. The van der Waals surface area contributed by atoms with Crippen molar-refractivity contribution in [2.75, 3.05) is 24.7 Å². The molecule has 1 amide bonds. The topological polar surface area (TPSA) is 111 Å². The normalized spacial score (nSPS) is 16.8. The van der Waals surface area contributed by atoms with E-state index in [0.717, 1.165) is 30.8 Å². The predicted octanol–water partition coefficient (Wildman–Crippen LogP) is 1.49. The van der Waals surface area contributed by atoms with Gasteiger partial charge in [-0.15, -0.1) is 5.10 Å². The number of rotatable bonds is 4. The molecule has 0 atom stereocenters. The smallest absolute Gasteiger partial charge is 0.263 e. The molecule has 0 saturated heterocycles. The number of ether oxygens (including phenoxy) is 1. The maximum atomic E-state index is 12.9. The minimum Gasteiger partial charge on any atom is -0.494 e. The van der Waals surface area contributed by atoms with Crippen LogP contribution in [0.1, 0.15) is 34.5 Å². The summed E-state index contributed by atoms with van der Waals surface area (Å²) in [5.41, 5.74) is 9.43. The van der Waals surface area contributed by atoms with Gasteiger partial charge in [-0.05, 0) is 12.8 Å². The highest BCUT2D eigenvalue weighted by atomic mass is 16.5. The van der Waals surface area contributed by atoms with Crippen molar-refractivity contribution in [1.82, 2.24) is 24.5 Å². The van der Waals surface area contributed by atoms with Crippen LogP contribution < -0.4 is 15.8 Å². The van der Waals surface area contributed by atoms with E-state index in [1.807, 2.05) is 6.20 Å². The molecule has 28 heavy (non-hydrogen) atoms. The summed E-state index contributed by atoms with van der Waals surface area (Å²) in [4.78, 5) is 24.2. The molecule has 0 radical (unpaired) electrons. The van der Waals surface area contributed by atoms with Gasteiger partial charge in [-0.3, -0.25) is 14.7 Å². The van der Waals surface area contributed by atoms with Crippen molar-refractivity contribution in [2.45, 2.75) is 31.8 Å². The molecule has 3 N–H and O–H groups in total. The average Bonchev–Trinajstić information content (AvgIpc) is 3.49. The molecule has 9 heteroatoms. The van der Waals surface area contributed by atoms with Crippen LogP contribution in [0.5, 0.6) is 5.75 Å². The molecule has 4 heterocycles. The zero-order chi connectivity index (χ0) is 19.3. The quantitative estimate of drug-likeness (QED) is 0.706. The third-order valence-electron chi connectivity index (χ3n) is 5.35. The third-order valence-corrected chi connectivity index (χ3v) is 5.35. The molecule has 0 spiro atoms. The van der Waals surface area contributed by atoms with E-state index in [1.165, 1.54) is 26.1 Å². The molecule has 144 valence electrons. The fourth-order valence-electron chi connectivity index (χ4n) is 3.76. The summed E-state index contributed by atoms with van der Waals surface area (Å²) in [6.07, 6.45) is 8.50. The van der Waals surface area contributed by atoms with Gasteiger partial charge in [0.15, 0.2) is 11.5 Å². The lowest BCUT2D eigenvalue weighted by atomic mass is 10.1. The molecule has 3 aromatic heterocycles. The lowest BCUT2D eigenvalue weighted by Crippen LogP contribution is -2.33. The number of aromatic nitrogens is 4. The van der Waals surface area contributed by atoms with E-state index in [4.69, 9.17) is 15.5 Å². The molecular formula is C19H21N7O2. The Balaban J connectivity index is 1.49. The number of hydrogen-bond donors (Lipinski definition) is 2. The number of pyridine rings is 1. The number of carbonyl (C=O) groups excluding carboxylic acids is 1. The molecule has 0 aromatic carbocycles. The minimum absolute atomic E-state index is 0.147. The van der Waals surface area contributed by atoms with Crippen molar-refractivity contribution in [3.8, 4) is 5.75 Å². The summed E-state index contributed by atoms with van der Waals surface area (Å²) in [6, 6.07) is 2.39. The van der Waals surface area contributed by atoms with Gasteiger partial charge < -0.3 is 15.8 Å². The lowest BCUT2D eigenvalue weighted by molar-refractivity contribution is 0.102. The van der Waals surface area contributed by atoms with E-state index in [0.29, 0.717) is 23.1 Å². The second-order valence-electron chi connectivity index (χ2n) is 7.22. The number of anilines is 2. The first-order valence-corrected chi connectivity index (χ1v) is 9.34. The summed E-state index contributed by atoms with van der Waals surface area (Å²) in [5.74, 6) is 0.278. The first kappa shape index (κ1) is 16.9. The zero-order valence-electron chi connectivity index (χ0n) is 15.6. The van der Waals surface area contributed by atoms with Gasteiger partial charge in [-0.2, -0.15) is 0 Å². The molecule has 1 fully saturated rings. The number of nitrogen functional groups attached to an aromatic ring is 1. The molecule has 1 saturated carbocycles. The maximum absolute atomic E-state index is 12.9. The van der Waals surface area contributed by atoms with Crippen molar-refractivity contribution in [1.29, 1.82) is 0 Å². The van der Waals surface area contributed by atoms with Crippen molar-refractivity contribution >= 4 is 23.1 Å². The van der Waals surface area contributed by atoms with Gasteiger partial charge in [0.1, 0.15) is 17.0 Å². The molecule has 1 aliphatic carbocycles. The molecule has 3 aromatic rings. The Labute approximate surface area is 161 Å². The number of fused-ring (bicyclic) bond motifs is 2. The lowest BCUT2D eigenvalue weighted by Gasteiger charge is -2.27. The maximum Gasteiger partial charge on any atom is 0.263 e. The van der Waals surface area contributed by atoms with Gasteiger partial charge >= 0.3 is 0 Å². The first-order chi connectivity index (χ1) is 13.6. The standard InChI is InChI=1S/C19H21N7O2/c1-28-15-4-6-21-8-14(15)23-19(27)16-17(20)24-26-10-11-9-25(12-2-3-12)7-5-13(11)22-18(16)26/h4,6,8,10,12H,2-3,5,7,9H2,1H3,(H2,20,24)(H,23,27). The molecule has 0 unspecified atom stereocenters. The third kappa shape index (κ3) is 2.84. The monoisotopic (exact) mass is 379 g/mol. The molecule has 5 rings (SSSR count). The number of nitrogens with zero attached hydrogens (tertiary/aromatic N) is 5. The number of carbonyl (C=O) groups is 1. The number of methoxy groups -OCH3 is 1. The van der Waals surface area contributed by atoms with Gasteiger partial charge in [0.25, 0.3) is 5.91 Å². The highest BCUT2D eigenvalue weighted by Gasteiger charge is 2.32. The Bertz CT molecular complexity index is 1070. The first-order valence-electron chi connectivity index (χ1n) is 9.34. The molecule has 9 nitrogen and oxygen atoms in total. The van der Waals surface area contributed by atoms with E-state index < -0.39 is 0 Å². The van der Waals surface area contributed by atoms with Crippen LogP contribution in [0.2, 0.25) is 0 Å². The van der Waals surface area contributed by atoms with Crippen LogP contribution in [-0.2, 0) is 13.0 Å². The number of nitrogens with one attached hydrogen (secondary N) is 1. The van der Waals surface area contributed by atoms with Crippen molar-refractivity contribution in [3.05, 3.63) is 41.5 Å². The average molecular weight is 379 g/mol. The highest BCUT2D eigenvalue weighted by molar-refractivity contribution is 6.12. The van der Waals surface area contributed by atoms with E-state index in [1.54, 1.807) is 16.8 Å². The van der Waals surface area contributed by atoms with Crippen LogP contribution in [0.3, 0.4) is 0 Å². The molecule has 0 bridgehead atoms. The fraction of sp³-hybridized carbons (Fsp3) is 0.368. The van der Waals surface area contributed by atoms with Crippen LogP contribution in [0.25, 0.3) is 5.65 Å². The number of nitrogens with two attached hydrogens (primary N) is 1. The summed E-state index contributed by atoms with van der Waals surface area (Å²) in [7, 11) is 1.54. The Morgan fingerprint density at radius 1 is 1.39 bits per heavy atom. The second-order valence-corrected chi connectivity index (χ2v) is 7.22. The SMILES string of the molecule is COc1ccncc1NC(=O)c1c(N)nn2cc3c(nc12)CCN(C1CC1)C3. The van der Waals surface area contributed by atoms with Crippen LogP contribution in [0.4, 0.5) is 11.5 Å². The second kappa shape index (κ2) is 6.45. The Hall–Kier alpha value is -3.20. The Morgan fingerprint density at radius 2 is 2.25 bits per heavy atom. The van der Waals surface area contributed by atoms with E-state index >= 15 is 0 Å². The Morgan fingerprint density at radius 3 is 3.04 bits per heavy atom. The van der Waals surface area contributed by atoms with Gasteiger partial charge in [0.2, 0.25) is 0 Å². The van der Waals surface area contributed by atoms with Gasteiger partial charge in [0.05, 0.1) is 19.0 Å². The highest BCUT2D eigenvalue weighted by Crippen LogP contribution is 2.32. The Kier molecular flexibility index (Phi) is 3.90. The van der Waals surface area contributed by atoms with Gasteiger partial charge in [-0.25, -0.2) is 9.50 Å². The van der Waals surface area contributed by atoms with E-state index in [9.17, 15) is 4.79 Å². The van der Waals surface area contributed by atoms with Crippen molar-refractivity contribution < 1.29 is 9.53 Å². The van der Waals surface area contributed by atoms with Crippen LogP contribution in [0.15, 0.2) is 24.7 Å². The molecule has 2 aliphatic rings. The number of hydrogen-bond acceptors (Lipinski definition) is 7. The van der Waals surface area contributed by atoms with Crippen molar-refractivity contribution in [2.24, 2.45) is 0 Å². The summed E-state index contributed by atoms with van der Waals surface area (Å²) >= 11 is 0. The summed E-state index contributed by atoms with van der Waals surface area (Å²) < 4.78 is 6.87. The molecular weight excluding hydrogens is 358 g/mol. The zero-order valence-corrected chi connectivity index (χ0v) is 15.6. The number of amides is 1. The van der Waals surface area contributed by atoms with Gasteiger partial charge in [0, 0.05) is 49.6 Å². The minimum atomic E-state index is -0.387. The van der Waals surface area contributed by atoms with E-state index in [-0.39, 0.29) is 17.3 Å². The predicted molar refractivity (Wildman–Crippen MR) is 103 cm³/mol. The van der Waals surface area contributed by atoms with Crippen LogP contribution >= 0.6 is 0 Å².